The van der Waals surface area contributed by atoms with E-state index in [4.69, 9.17) is 14.6 Å². The number of carbonyl (C=O) groups excluding carboxylic acids is 2. The molecule has 0 saturated carbocycles. The number of rotatable bonds is 9. The zero-order valence-corrected chi connectivity index (χ0v) is 19.2. The van der Waals surface area contributed by atoms with E-state index in [1.807, 2.05) is 31.2 Å². The van der Waals surface area contributed by atoms with Gasteiger partial charge in [-0.05, 0) is 48.4 Å². The Hall–Kier alpha value is -3.39. The molecule has 2 amide bonds. The van der Waals surface area contributed by atoms with Gasteiger partial charge >= 0.3 is 12.1 Å². The van der Waals surface area contributed by atoms with Gasteiger partial charge < -0.3 is 25.2 Å². The lowest BCUT2D eigenvalue weighted by atomic mass is 9.98. The Morgan fingerprint density at radius 1 is 1.09 bits per heavy atom. The molecule has 2 aromatic carbocycles. The maximum Gasteiger partial charge on any atom is 0.407 e. The zero-order valence-electron chi connectivity index (χ0n) is 19.2. The predicted octanol–water partition coefficient (Wildman–Crippen LogP) is 3.44. The molecular formula is C26H30N2O6. The van der Waals surface area contributed by atoms with Crippen LogP contribution in [0.4, 0.5) is 4.79 Å². The average molecular weight is 467 g/mol. The van der Waals surface area contributed by atoms with Crippen molar-refractivity contribution in [2.45, 2.75) is 56.7 Å². The van der Waals surface area contributed by atoms with E-state index in [1.54, 1.807) is 0 Å². The largest absolute Gasteiger partial charge is 0.479 e. The molecule has 1 fully saturated rings. The second kappa shape index (κ2) is 10.7. The summed E-state index contributed by atoms with van der Waals surface area (Å²) in [5, 5.41) is 14.7. The molecule has 2 aromatic rings. The molecule has 2 aliphatic rings. The Balaban J connectivity index is 1.19. The summed E-state index contributed by atoms with van der Waals surface area (Å²) in [5.74, 6) is -1.27. The third-order valence-electron chi connectivity index (χ3n) is 6.43. The maximum absolute atomic E-state index is 12.4. The van der Waals surface area contributed by atoms with Crippen molar-refractivity contribution < 1.29 is 29.0 Å². The third kappa shape index (κ3) is 5.39. The van der Waals surface area contributed by atoms with Gasteiger partial charge in [0.15, 0.2) is 6.10 Å². The fourth-order valence-electron chi connectivity index (χ4n) is 4.74. The van der Waals surface area contributed by atoms with Crippen LogP contribution in [-0.2, 0) is 19.1 Å². The molecule has 3 atom stereocenters. The van der Waals surface area contributed by atoms with Crippen LogP contribution in [0.15, 0.2) is 48.5 Å². The minimum Gasteiger partial charge on any atom is -0.479 e. The van der Waals surface area contributed by atoms with Gasteiger partial charge in [0.05, 0.1) is 6.04 Å². The first-order chi connectivity index (χ1) is 16.4. The Morgan fingerprint density at radius 3 is 2.38 bits per heavy atom. The quantitative estimate of drug-likeness (QED) is 0.522. The second-order valence-corrected chi connectivity index (χ2v) is 8.86. The number of aliphatic carboxylic acids is 1. The van der Waals surface area contributed by atoms with E-state index in [2.05, 4.69) is 34.9 Å². The van der Waals surface area contributed by atoms with Crippen LogP contribution in [-0.4, -0.2) is 54.5 Å². The van der Waals surface area contributed by atoms with Gasteiger partial charge in [0, 0.05) is 25.0 Å². The molecule has 0 bridgehead atoms. The van der Waals surface area contributed by atoms with Crippen molar-refractivity contribution in [1.29, 1.82) is 0 Å². The molecule has 0 aromatic heterocycles. The third-order valence-corrected chi connectivity index (χ3v) is 6.43. The summed E-state index contributed by atoms with van der Waals surface area (Å²) in [6, 6.07) is 15.7. The highest BCUT2D eigenvalue weighted by atomic mass is 16.5. The molecule has 1 heterocycles. The van der Waals surface area contributed by atoms with Crippen LogP contribution in [0.2, 0.25) is 0 Å². The topological polar surface area (TPSA) is 114 Å². The number of hydrogen-bond donors (Lipinski definition) is 3. The summed E-state index contributed by atoms with van der Waals surface area (Å²) in [4.78, 5) is 35.7. The molecule has 1 aliphatic carbocycles. The molecule has 8 heteroatoms. The number of carboxylic acid groups (broad SMARTS) is 1. The number of alkyl carbamates (subject to hydrolysis) is 1. The van der Waals surface area contributed by atoms with Crippen molar-refractivity contribution in [1.82, 2.24) is 10.6 Å². The maximum atomic E-state index is 12.4. The van der Waals surface area contributed by atoms with Crippen LogP contribution < -0.4 is 10.6 Å². The molecule has 4 rings (SSSR count). The van der Waals surface area contributed by atoms with E-state index in [-0.39, 0.29) is 30.9 Å². The summed E-state index contributed by atoms with van der Waals surface area (Å²) < 4.78 is 10.7. The predicted molar refractivity (Wildman–Crippen MR) is 125 cm³/mol. The first-order valence-corrected chi connectivity index (χ1v) is 11.7. The normalized spacial score (nSPS) is 19.7. The highest BCUT2D eigenvalue weighted by Crippen LogP contribution is 2.44. The van der Waals surface area contributed by atoms with Crippen LogP contribution >= 0.6 is 0 Å². The first-order valence-electron chi connectivity index (χ1n) is 11.7. The number of amides is 2. The standard InChI is InChI=1S/C26H30N2O6/c1-16(7-6-12-23(29)28-22-13-14-33-24(22)25(30)31)27-26(32)34-15-21-19-10-4-2-8-17(19)18-9-3-5-11-20(18)21/h2-5,8-11,16,21-22,24H,6-7,12-15H2,1H3,(H,27,32)(H,28,29)(H,30,31). The number of fused-ring (bicyclic) bond motifs is 3. The SMILES string of the molecule is CC(CCCC(=O)NC1CCOC1C(=O)O)NC(=O)OCC1c2ccccc2-c2ccccc21. The molecule has 0 radical (unpaired) electrons. The Labute approximate surface area is 198 Å². The summed E-state index contributed by atoms with van der Waals surface area (Å²) in [7, 11) is 0. The Kier molecular flexibility index (Phi) is 7.47. The molecule has 1 aliphatic heterocycles. The van der Waals surface area contributed by atoms with Gasteiger partial charge in [-0.2, -0.15) is 0 Å². The number of carboxylic acids is 1. The number of ether oxygens (including phenoxy) is 2. The minimum absolute atomic E-state index is 0.00588. The smallest absolute Gasteiger partial charge is 0.407 e. The first kappa shape index (κ1) is 23.8. The fraction of sp³-hybridized carbons (Fsp3) is 0.423. The van der Waals surface area contributed by atoms with Gasteiger partial charge in [-0.1, -0.05) is 48.5 Å². The summed E-state index contributed by atoms with van der Waals surface area (Å²) >= 11 is 0. The van der Waals surface area contributed by atoms with E-state index >= 15 is 0 Å². The Morgan fingerprint density at radius 2 is 1.74 bits per heavy atom. The Bertz CT molecular complexity index is 1010. The lowest BCUT2D eigenvalue weighted by Crippen LogP contribution is -2.44. The van der Waals surface area contributed by atoms with Crippen LogP contribution in [0.5, 0.6) is 0 Å². The van der Waals surface area contributed by atoms with E-state index in [0.717, 1.165) is 11.1 Å². The molecule has 8 nitrogen and oxygen atoms in total. The highest BCUT2D eigenvalue weighted by Gasteiger charge is 2.35. The molecule has 3 unspecified atom stereocenters. The molecule has 3 N–H and O–H groups in total. The van der Waals surface area contributed by atoms with Crippen molar-refractivity contribution in [3.05, 3.63) is 59.7 Å². The van der Waals surface area contributed by atoms with Crippen molar-refractivity contribution in [2.75, 3.05) is 13.2 Å². The van der Waals surface area contributed by atoms with Gasteiger partial charge in [-0.25, -0.2) is 9.59 Å². The van der Waals surface area contributed by atoms with Gasteiger partial charge in [0.25, 0.3) is 0 Å². The minimum atomic E-state index is -1.07. The second-order valence-electron chi connectivity index (χ2n) is 8.86. The lowest BCUT2D eigenvalue weighted by molar-refractivity contribution is -0.148. The highest BCUT2D eigenvalue weighted by molar-refractivity contribution is 5.80. The van der Waals surface area contributed by atoms with Crippen LogP contribution in [0.3, 0.4) is 0 Å². The molecule has 1 saturated heterocycles. The number of carbonyl (C=O) groups is 3. The summed E-state index contributed by atoms with van der Waals surface area (Å²) in [5.41, 5.74) is 4.68. The van der Waals surface area contributed by atoms with Gasteiger partial charge in [-0.3, -0.25) is 4.79 Å². The van der Waals surface area contributed by atoms with Crippen LogP contribution in [0.1, 0.15) is 49.7 Å². The van der Waals surface area contributed by atoms with Crippen LogP contribution in [0, 0.1) is 0 Å². The molecule has 34 heavy (non-hydrogen) atoms. The monoisotopic (exact) mass is 466 g/mol. The average Bonchev–Trinajstić information content (AvgIpc) is 3.40. The number of benzene rings is 2. The molecular weight excluding hydrogens is 436 g/mol. The molecule has 180 valence electrons. The number of nitrogens with one attached hydrogen (secondary N) is 2. The van der Waals surface area contributed by atoms with Crippen molar-refractivity contribution in [2.24, 2.45) is 0 Å². The van der Waals surface area contributed by atoms with E-state index in [0.29, 0.717) is 25.9 Å². The van der Waals surface area contributed by atoms with E-state index in [1.165, 1.54) is 11.1 Å². The summed E-state index contributed by atoms with van der Waals surface area (Å²) in [6.45, 7) is 2.44. The fourth-order valence-corrected chi connectivity index (χ4v) is 4.74. The van der Waals surface area contributed by atoms with Crippen molar-refractivity contribution >= 4 is 18.0 Å². The molecule has 0 spiro atoms. The lowest BCUT2D eigenvalue weighted by Gasteiger charge is -2.18. The van der Waals surface area contributed by atoms with Gasteiger partial charge in [0.1, 0.15) is 6.61 Å². The summed E-state index contributed by atoms with van der Waals surface area (Å²) in [6.07, 6.45) is 0.426. The van der Waals surface area contributed by atoms with E-state index in [9.17, 15) is 14.4 Å². The zero-order chi connectivity index (χ0) is 24.1. The van der Waals surface area contributed by atoms with Gasteiger partial charge in [-0.15, -0.1) is 0 Å². The van der Waals surface area contributed by atoms with Crippen molar-refractivity contribution in [3.8, 4) is 11.1 Å². The number of hydrogen-bond acceptors (Lipinski definition) is 5. The van der Waals surface area contributed by atoms with E-state index < -0.39 is 24.2 Å². The van der Waals surface area contributed by atoms with Crippen molar-refractivity contribution in [3.63, 3.8) is 0 Å². The van der Waals surface area contributed by atoms with Gasteiger partial charge in [0.2, 0.25) is 5.91 Å². The van der Waals surface area contributed by atoms with Crippen LogP contribution in [0.25, 0.3) is 11.1 Å².